The van der Waals surface area contributed by atoms with Crippen LogP contribution in [0.5, 0.6) is 0 Å². The summed E-state index contributed by atoms with van der Waals surface area (Å²) in [5.74, 6) is -0.863. The van der Waals surface area contributed by atoms with Crippen molar-refractivity contribution in [1.82, 2.24) is 4.98 Å². The van der Waals surface area contributed by atoms with Gasteiger partial charge in [0.25, 0.3) is 0 Å². The normalized spacial score (nSPS) is 11.8. The third kappa shape index (κ3) is 5.71. The number of fused-ring (bicyclic) bond motifs is 1. The van der Waals surface area contributed by atoms with Gasteiger partial charge in [-0.25, -0.2) is 4.98 Å². The van der Waals surface area contributed by atoms with Gasteiger partial charge < -0.3 is 10.1 Å². The highest BCUT2D eigenvalue weighted by atomic mass is 32.1. The number of amides is 1. The number of hydrogen-bond donors (Lipinski definition) is 1. The molecule has 1 atom stereocenters. The smallest absolute Gasteiger partial charge is 0.306 e. The van der Waals surface area contributed by atoms with E-state index >= 15 is 0 Å². The van der Waals surface area contributed by atoms with Crippen molar-refractivity contribution in [2.24, 2.45) is 0 Å². The summed E-state index contributed by atoms with van der Waals surface area (Å²) in [6.07, 6.45) is 0.679. The molecule has 1 aromatic heterocycles. The Labute approximate surface area is 172 Å². The van der Waals surface area contributed by atoms with E-state index in [0.717, 1.165) is 15.2 Å². The highest BCUT2D eigenvalue weighted by molar-refractivity contribution is 7.18. The number of para-hydroxylation sites is 1. The van der Waals surface area contributed by atoms with Crippen LogP contribution in [-0.4, -0.2) is 28.7 Å². The summed E-state index contributed by atoms with van der Waals surface area (Å²) < 4.78 is 6.42. The van der Waals surface area contributed by atoms with E-state index < -0.39 is 12.1 Å². The van der Waals surface area contributed by atoms with Crippen LogP contribution < -0.4 is 5.32 Å². The van der Waals surface area contributed by atoms with Crippen molar-refractivity contribution in [3.05, 3.63) is 59.1 Å². The van der Waals surface area contributed by atoms with Crippen molar-refractivity contribution < 1.29 is 19.1 Å². The number of nitrogens with zero attached hydrogens (tertiary/aromatic N) is 1. The fourth-order valence-electron chi connectivity index (χ4n) is 2.88. The minimum Gasteiger partial charge on any atom is -0.454 e. The van der Waals surface area contributed by atoms with Crippen LogP contribution in [0, 0.1) is 0 Å². The zero-order valence-corrected chi connectivity index (χ0v) is 17.1. The number of esters is 1. The molecule has 150 valence electrons. The number of carbonyl (C=O) groups excluding carboxylic acids is 3. The lowest BCUT2D eigenvalue weighted by Crippen LogP contribution is -2.24. The molecule has 0 aliphatic rings. The Morgan fingerprint density at radius 1 is 1.10 bits per heavy atom. The lowest BCUT2D eigenvalue weighted by atomic mass is 10.1. The molecule has 0 aliphatic heterocycles. The zero-order valence-electron chi connectivity index (χ0n) is 16.3. The molecule has 6 nitrogen and oxygen atoms in total. The predicted molar refractivity (Wildman–Crippen MR) is 113 cm³/mol. The summed E-state index contributed by atoms with van der Waals surface area (Å²) in [7, 11) is 0. The third-order valence-corrected chi connectivity index (χ3v) is 5.37. The fourth-order valence-corrected chi connectivity index (χ4v) is 3.89. The number of anilines is 1. The standard InChI is InChI=1S/C22H22N2O4S/c1-14(22(27)16-10-12-17(13-11-16)23-15(2)25)28-21(26)9-5-8-20-24-18-6-3-4-7-19(18)29-20/h3-4,6-7,10-14H,5,8-9H2,1-2H3,(H,23,25)/t14-/m1/s1. The van der Waals surface area contributed by atoms with Crippen molar-refractivity contribution in [2.75, 3.05) is 5.32 Å². The monoisotopic (exact) mass is 410 g/mol. The van der Waals surface area contributed by atoms with Gasteiger partial charge in [-0.15, -0.1) is 11.3 Å². The van der Waals surface area contributed by atoms with E-state index in [2.05, 4.69) is 10.3 Å². The first-order chi connectivity index (χ1) is 13.9. The molecule has 0 saturated carbocycles. The van der Waals surface area contributed by atoms with Gasteiger partial charge in [0, 0.05) is 24.6 Å². The second-order valence-electron chi connectivity index (χ2n) is 6.68. The van der Waals surface area contributed by atoms with Crippen molar-refractivity contribution in [1.29, 1.82) is 0 Å². The van der Waals surface area contributed by atoms with Gasteiger partial charge in [-0.05, 0) is 56.2 Å². The lowest BCUT2D eigenvalue weighted by Gasteiger charge is -2.12. The third-order valence-electron chi connectivity index (χ3n) is 4.28. The molecule has 0 saturated heterocycles. The van der Waals surface area contributed by atoms with Gasteiger partial charge in [-0.1, -0.05) is 12.1 Å². The Kier molecular flexibility index (Phi) is 6.72. The Morgan fingerprint density at radius 2 is 1.83 bits per heavy atom. The second kappa shape index (κ2) is 9.43. The summed E-state index contributed by atoms with van der Waals surface area (Å²) in [5.41, 5.74) is 2.00. The largest absolute Gasteiger partial charge is 0.454 e. The van der Waals surface area contributed by atoms with Gasteiger partial charge >= 0.3 is 5.97 Å². The predicted octanol–water partition coefficient (Wildman–Crippen LogP) is 4.39. The van der Waals surface area contributed by atoms with Crippen LogP contribution in [-0.2, 0) is 20.7 Å². The number of hydrogen-bond acceptors (Lipinski definition) is 6. The molecule has 0 unspecified atom stereocenters. The van der Waals surface area contributed by atoms with Gasteiger partial charge in [-0.2, -0.15) is 0 Å². The molecule has 0 fully saturated rings. The van der Waals surface area contributed by atoms with E-state index in [1.54, 1.807) is 42.5 Å². The molecule has 1 N–H and O–H groups in total. The van der Waals surface area contributed by atoms with Gasteiger partial charge in [-0.3, -0.25) is 14.4 Å². The molecule has 3 aromatic rings. The first kappa shape index (κ1) is 20.7. The summed E-state index contributed by atoms with van der Waals surface area (Å²) in [6, 6.07) is 14.4. The summed E-state index contributed by atoms with van der Waals surface area (Å²) in [4.78, 5) is 40.1. The van der Waals surface area contributed by atoms with Crippen LogP contribution >= 0.6 is 11.3 Å². The van der Waals surface area contributed by atoms with Crippen molar-refractivity contribution in [3.63, 3.8) is 0 Å². The topological polar surface area (TPSA) is 85.4 Å². The van der Waals surface area contributed by atoms with Crippen molar-refractivity contribution >= 4 is 44.9 Å². The highest BCUT2D eigenvalue weighted by Crippen LogP contribution is 2.23. The van der Waals surface area contributed by atoms with Gasteiger partial charge in [0.05, 0.1) is 15.2 Å². The number of Topliss-reactive ketones (excluding diaryl/α,β-unsaturated/α-hetero) is 1. The number of aromatic nitrogens is 1. The number of aryl methyl sites for hydroxylation is 1. The molecule has 0 spiro atoms. The van der Waals surface area contributed by atoms with E-state index in [1.807, 2.05) is 24.3 Å². The minimum absolute atomic E-state index is 0.183. The maximum Gasteiger partial charge on any atom is 0.306 e. The SMILES string of the molecule is CC(=O)Nc1ccc(C(=O)[C@@H](C)OC(=O)CCCc2nc3ccccc3s2)cc1. The van der Waals surface area contributed by atoms with Crippen LogP contribution in [0.1, 0.15) is 42.1 Å². The summed E-state index contributed by atoms with van der Waals surface area (Å²) in [5, 5.41) is 3.63. The Bertz CT molecular complexity index is 994. The lowest BCUT2D eigenvalue weighted by molar-refractivity contribution is -0.146. The molecule has 0 aliphatic carbocycles. The second-order valence-corrected chi connectivity index (χ2v) is 7.80. The number of nitrogens with one attached hydrogen (secondary N) is 1. The molecule has 7 heteroatoms. The van der Waals surface area contributed by atoms with Crippen LogP contribution in [0.3, 0.4) is 0 Å². The summed E-state index contributed by atoms with van der Waals surface area (Å²) in [6.45, 7) is 2.98. The van der Waals surface area contributed by atoms with E-state index in [4.69, 9.17) is 4.74 Å². The Hall–Kier alpha value is -3.06. The molecular formula is C22H22N2O4S. The quantitative estimate of drug-likeness (QED) is 0.440. The molecule has 29 heavy (non-hydrogen) atoms. The average Bonchev–Trinajstić information content (AvgIpc) is 3.10. The molecule has 2 aromatic carbocycles. The van der Waals surface area contributed by atoms with Crippen LogP contribution in [0.2, 0.25) is 0 Å². The summed E-state index contributed by atoms with van der Waals surface area (Å²) >= 11 is 1.63. The van der Waals surface area contributed by atoms with Crippen molar-refractivity contribution in [2.45, 2.75) is 39.2 Å². The van der Waals surface area contributed by atoms with E-state index in [1.165, 1.54) is 6.92 Å². The number of thiazole rings is 1. The van der Waals surface area contributed by atoms with Crippen LogP contribution in [0.25, 0.3) is 10.2 Å². The Balaban J connectivity index is 1.46. The van der Waals surface area contributed by atoms with E-state index in [0.29, 0.717) is 24.1 Å². The number of ether oxygens (including phenoxy) is 1. The first-order valence-corrected chi connectivity index (χ1v) is 10.2. The van der Waals surface area contributed by atoms with Gasteiger partial charge in [0.1, 0.15) is 0 Å². The number of benzene rings is 2. The fraction of sp³-hybridized carbons (Fsp3) is 0.273. The van der Waals surface area contributed by atoms with E-state index in [-0.39, 0.29) is 18.1 Å². The maximum absolute atomic E-state index is 12.4. The highest BCUT2D eigenvalue weighted by Gasteiger charge is 2.19. The van der Waals surface area contributed by atoms with Crippen LogP contribution in [0.15, 0.2) is 48.5 Å². The maximum atomic E-state index is 12.4. The number of ketones is 1. The molecule has 0 radical (unpaired) electrons. The molecule has 1 heterocycles. The molecule has 1 amide bonds. The number of rotatable bonds is 8. The Morgan fingerprint density at radius 3 is 2.52 bits per heavy atom. The number of carbonyl (C=O) groups is 3. The van der Waals surface area contributed by atoms with Crippen LogP contribution in [0.4, 0.5) is 5.69 Å². The van der Waals surface area contributed by atoms with Crippen molar-refractivity contribution in [3.8, 4) is 0 Å². The zero-order chi connectivity index (χ0) is 20.8. The molecule has 3 rings (SSSR count). The van der Waals surface area contributed by atoms with Gasteiger partial charge in [0.15, 0.2) is 6.10 Å². The van der Waals surface area contributed by atoms with Gasteiger partial charge in [0.2, 0.25) is 11.7 Å². The first-order valence-electron chi connectivity index (χ1n) is 9.38. The average molecular weight is 410 g/mol. The van der Waals surface area contributed by atoms with E-state index in [9.17, 15) is 14.4 Å². The molecule has 0 bridgehead atoms. The molecular weight excluding hydrogens is 388 g/mol. The minimum atomic E-state index is -0.864.